The summed E-state index contributed by atoms with van der Waals surface area (Å²) >= 11 is 0. The molecule has 88 valence electrons. The molecule has 1 N–H and O–H groups in total. The molecule has 0 radical (unpaired) electrons. The minimum atomic E-state index is -0.363. The van der Waals surface area contributed by atoms with Crippen LogP contribution >= 0.6 is 0 Å². The van der Waals surface area contributed by atoms with Gasteiger partial charge in [0.2, 0.25) is 0 Å². The third kappa shape index (κ3) is 2.43. The van der Waals surface area contributed by atoms with Crippen molar-refractivity contribution >= 4 is 5.69 Å². The second-order valence-electron chi connectivity index (χ2n) is 5.39. The zero-order valence-electron chi connectivity index (χ0n) is 9.88. The van der Waals surface area contributed by atoms with E-state index >= 15 is 0 Å². The topological polar surface area (TPSA) is 34.0 Å². The lowest BCUT2D eigenvalue weighted by Gasteiger charge is -2.22. The lowest BCUT2D eigenvalue weighted by atomic mass is 10.1. The molecule has 0 spiro atoms. The Bertz CT molecular complexity index is 455. The minimum Gasteiger partial charge on any atom is -0.376 e. The van der Waals surface area contributed by atoms with Crippen molar-refractivity contribution in [3.05, 3.63) is 28.4 Å². The Labute approximate surface area is 94.3 Å². The third-order valence-electron chi connectivity index (χ3n) is 2.46. The van der Waals surface area contributed by atoms with Crippen molar-refractivity contribution in [2.45, 2.75) is 45.2 Å². The molecule has 2 rings (SSSR count). The average molecular weight is 224 g/mol. The van der Waals surface area contributed by atoms with Crippen molar-refractivity contribution < 1.29 is 4.39 Å². The first-order chi connectivity index (χ1) is 7.37. The van der Waals surface area contributed by atoms with Crippen molar-refractivity contribution in [3.63, 3.8) is 0 Å². The number of aromatic nitrogens is 1. The summed E-state index contributed by atoms with van der Waals surface area (Å²) in [6, 6.07) is 1.47. The lowest BCUT2D eigenvalue weighted by Crippen LogP contribution is -2.32. The van der Waals surface area contributed by atoms with Crippen LogP contribution in [0, 0.1) is 5.82 Å². The van der Waals surface area contributed by atoms with E-state index in [2.05, 4.69) is 5.32 Å². The first-order valence-corrected chi connectivity index (χ1v) is 5.57. The van der Waals surface area contributed by atoms with Crippen molar-refractivity contribution in [1.29, 1.82) is 0 Å². The summed E-state index contributed by atoms with van der Waals surface area (Å²) < 4.78 is 14.9. The first-order valence-electron chi connectivity index (χ1n) is 5.57. The zero-order chi connectivity index (χ0) is 11.9. The fourth-order valence-corrected chi connectivity index (χ4v) is 1.68. The molecule has 0 saturated heterocycles. The Morgan fingerprint density at radius 3 is 2.56 bits per heavy atom. The maximum absolute atomic E-state index is 13.4. The lowest BCUT2D eigenvalue weighted by molar-refractivity contribution is 0.580. The predicted octanol–water partition coefficient (Wildman–Crippen LogP) is 2.53. The van der Waals surface area contributed by atoms with Crippen molar-refractivity contribution in [2.75, 3.05) is 5.32 Å². The highest BCUT2D eigenvalue weighted by Crippen LogP contribution is 2.33. The first kappa shape index (κ1) is 11.2. The van der Waals surface area contributed by atoms with Gasteiger partial charge in [0.15, 0.2) is 0 Å². The molecule has 1 heterocycles. The summed E-state index contributed by atoms with van der Waals surface area (Å²) in [5, 5.41) is 3.04. The van der Waals surface area contributed by atoms with E-state index in [1.165, 1.54) is 16.8 Å². The van der Waals surface area contributed by atoms with Crippen LogP contribution in [0.3, 0.4) is 0 Å². The monoisotopic (exact) mass is 224 g/mol. The molecule has 4 heteroatoms. The second-order valence-corrected chi connectivity index (χ2v) is 5.39. The molecule has 1 aliphatic carbocycles. The molecular formula is C12H17FN2O. The summed E-state index contributed by atoms with van der Waals surface area (Å²) in [5.41, 5.74) is -0.0212. The van der Waals surface area contributed by atoms with Gasteiger partial charge in [-0.15, -0.1) is 0 Å². The van der Waals surface area contributed by atoms with Crippen LogP contribution in [-0.2, 0) is 0 Å². The van der Waals surface area contributed by atoms with E-state index in [4.69, 9.17) is 0 Å². The second kappa shape index (κ2) is 3.61. The van der Waals surface area contributed by atoms with Crippen LogP contribution < -0.4 is 10.9 Å². The number of rotatable bonds is 2. The van der Waals surface area contributed by atoms with Gasteiger partial charge in [0, 0.05) is 23.8 Å². The number of nitrogens with zero attached hydrogens (tertiary/aromatic N) is 1. The van der Waals surface area contributed by atoms with Gasteiger partial charge in [-0.1, -0.05) is 0 Å². The normalized spacial score (nSPS) is 16.2. The molecule has 1 aromatic rings. The molecule has 0 amide bonds. The Morgan fingerprint density at radius 1 is 1.44 bits per heavy atom. The third-order valence-corrected chi connectivity index (χ3v) is 2.46. The van der Waals surface area contributed by atoms with E-state index in [0.29, 0.717) is 5.69 Å². The van der Waals surface area contributed by atoms with Gasteiger partial charge >= 0.3 is 0 Å². The molecule has 0 aromatic carbocycles. The van der Waals surface area contributed by atoms with Crippen molar-refractivity contribution in [2.24, 2.45) is 0 Å². The van der Waals surface area contributed by atoms with Gasteiger partial charge in [0.05, 0.1) is 0 Å². The SMILES string of the molecule is CC(C)(C)Nc1cc(F)cn(C2CC2)c1=O. The fourth-order valence-electron chi connectivity index (χ4n) is 1.68. The largest absolute Gasteiger partial charge is 0.376 e. The molecule has 0 atom stereocenters. The van der Waals surface area contributed by atoms with E-state index in [1.807, 2.05) is 20.8 Å². The number of nitrogens with one attached hydrogen (secondary N) is 1. The zero-order valence-corrected chi connectivity index (χ0v) is 9.88. The smallest absolute Gasteiger partial charge is 0.274 e. The van der Waals surface area contributed by atoms with E-state index in [9.17, 15) is 9.18 Å². The molecule has 1 aromatic heterocycles. The average Bonchev–Trinajstić information content (AvgIpc) is 2.91. The van der Waals surface area contributed by atoms with Crippen LogP contribution in [0.2, 0.25) is 0 Å². The Balaban J connectivity index is 2.41. The molecule has 1 saturated carbocycles. The van der Waals surface area contributed by atoms with Crippen LogP contribution in [0.5, 0.6) is 0 Å². The van der Waals surface area contributed by atoms with Crippen LogP contribution in [0.4, 0.5) is 10.1 Å². The number of halogens is 1. The van der Waals surface area contributed by atoms with Crippen LogP contribution in [0.15, 0.2) is 17.1 Å². The maximum atomic E-state index is 13.4. The molecule has 16 heavy (non-hydrogen) atoms. The summed E-state index contributed by atoms with van der Waals surface area (Å²) in [6.07, 6.45) is 3.24. The maximum Gasteiger partial charge on any atom is 0.274 e. The summed E-state index contributed by atoms with van der Waals surface area (Å²) in [7, 11) is 0. The quantitative estimate of drug-likeness (QED) is 0.837. The van der Waals surface area contributed by atoms with Gasteiger partial charge in [-0.25, -0.2) is 4.39 Å². The Hall–Kier alpha value is -1.32. The Kier molecular flexibility index (Phi) is 2.52. The van der Waals surface area contributed by atoms with Gasteiger partial charge in [0.1, 0.15) is 11.5 Å². The van der Waals surface area contributed by atoms with Crippen molar-refractivity contribution in [1.82, 2.24) is 4.57 Å². The van der Waals surface area contributed by atoms with Gasteiger partial charge in [0.25, 0.3) is 5.56 Å². The number of hydrogen-bond donors (Lipinski definition) is 1. The van der Waals surface area contributed by atoms with E-state index in [1.54, 1.807) is 0 Å². The van der Waals surface area contributed by atoms with Crippen LogP contribution in [-0.4, -0.2) is 10.1 Å². The van der Waals surface area contributed by atoms with Gasteiger partial charge in [-0.3, -0.25) is 4.79 Å². The highest BCUT2D eigenvalue weighted by Gasteiger charge is 2.26. The van der Waals surface area contributed by atoms with E-state index in [-0.39, 0.29) is 23.0 Å². The number of hydrogen-bond acceptors (Lipinski definition) is 2. The summed E-state index contributed by atoms with van der Waals surface area (Å²) in [6.45, 7) is 5.83. The fraction of sp³-hybridized carbons (Fsp3) is 0.583. The van der Waals surface area contributed by atoms with E-state index in [0.717, 1.165) is 12.8 Å². The van der Waals surface area contributed by atoms with E-state index < -0.39 is 0 Å². The molecule has 0 aliphatic heterocycles. The Morgan fingerprint density at radius 2 is 2.06 bits per heavy atom. The predicted molar refractivity (Wildman–Crippen MR) is 62.3 cm³/mol. The molecule has 0 bridgehead atoms. The summed E-state index contributed by atoms with van der Waals surface area (Å²) in [5.74, 6) is -0.363. The van der Waals surface area contributed by atoms with Gasteiger partial charge in [-0.05, 0) is 33.6 Å². The number of anilines is 1. The molecule has 1 aliphatic rings. The molecule has 1 fully saturated rings. The molecule has 0 unspecified atom stereocenters. The van der Waals surface area contributed by atoms with Crippen LogP contribution in [0.25, 0.3) is 0 Å². The van der Waals surface area contributed by atoms with Crippen molar-refractivity contribution in [3.8, 4) is 0 Å². The number of pyridine rings is 1. The molecule has 3 nitrogen and oxygen atoms in total. The minimum absolute atomic E-state index is 0.126. The van der Waals surface area contributed by atoms with Gasteiger partial charge in [-0.2, -0.15) is 0 Å². The highest BCUT2D eigenvalue weighted by atomic mass is 19.1. The van der Waals surface area contributed by atoms with Gasteiger partial charge < -0.3 is 9.88 Å². The summed E-state index contributed by atoms with van der Waals surface area (Å²) in [4.78, 5) is 12.0. The van der Waals surface area contributed by atoms with Crippen LogP contribution in [0.1, 0.15) is 39.7 Å². The highest BCUT2D eigenvalue weighted by molar-refractivity contribution is 5.43. The molecular weight excluding hydrogens is 207 g/mol. The standard InChI is InChI=1S/C12H17FN2O/c1-12(2,3)14-10-6-8(13)7-15(11(10)16)9-4-5-9/h6-7,9,14H,4-5H2,1-3H3.